The van der Waals surface area contributed by atoms with Crippen LogP contribution in [0.3, 0.4) is 0 Å². The number of hydrogen-bond acceptors (Lipinski definition) is 2. The second-order valence-corrected chi connectivity index (χ2v) is 5.52. The van der Waals surface area contributed by atoms with Gasteiger partial charge in [0.25, 0.3) is 0 Å². The number of guanidine groups is 1. The Balaban J connectivity index is 0.00000361. The quantitative estimate of drug-likeness (QED) is 0.314. The molecular weight excluding hydrogens is 385 g/mol. The topological polar surface area (TPSA) is 53.5 Å². The van der Waals surface area contributed by atoms with Gasteiger partial charge in [-0.05, 0) is 5.56 Å². The third-order valence-corrected chi connectivity index (χ3v) is 3.74. The van der Waals surface area contributed by atoms with Crippen molar-refractivity contribution in [2.75, 3.05) is 25.9 Å². The van der Waals surface area contributed by atoms with Crippen LogP contribution < -0.4 is 10.6 Å². The van der Waals surface area contributed by atoms with Gasteiger partial charge >= 0.3 is 0 Å². The van der Waals surface area contributed by atoms with E-state index in [1.807, 2.05) is 30.3 Å². The molecule has 0 aromatic heterocycles. The fourth-order valence-corrected chi connectivity index (χ4v) is 2.54. The normalized spacial score (nSPS) is 12.2. The summed E-state index contributed by atoms with van der Waals surface area (Å²) in [6.45, 7) is 4.92. The van der Waals surface area contributed by atoms with Gasteiger partial charge in [0.2, 0.25) is 0 Å². The maximum atomic E-state index is 11.9. The van der Waals surface area contributed by atoms with Gasteiger partial charge in [-0.2, -0.15) is 0 Å². The van der Waals surface area contributed by atoms with Crippen LogP contribution in [0.2, 0.25) is 0 Å². The Kier molecular flexibility index (Phi) is 11.4. The standard InChI is InChI=1S/C14H21N3OS.HI/c1-3-9-16-14(15-2)17-10-11-19(18)12-13-7-5-4-6-8-13;/h3-8H,1,9-12H2,2H3,(H2,15,16,17);1H. The smallest absolute Gasteiger partial charge is 0.191 e. The molecule has 1 aromatic rings. The lowest BCUT2D eigenvalue weighted by atomic mass is 10.2. The highest BCUT2D eigenvalue weighted by molar-refractivity contribution is 14.0. The number of halogens is 1. The summed E-state index contributed by atoms with van der Waals surface area (Å²) in [6, 6.07) is 9.88. The zero-order valence-electron chi connectivity index (χ0n) is 11.7. The van der Waals surface area contributed by atoms with Gasteiger partial charge in [-0.3, -0.25) is 9.20 Å². The van der Waals surface area contributed by atoms with E-state index in [1.165, 1.54) is 0 Å². The molecule has 0 aliphatic carbocycles. The van der Waals surface area contributed by atoms with Gasteiger partial charge in [0, 0.05) is 42.4 Å². The lowest BCUT2D eigenvalue weighted by Gasteiger charge is -2.10. The van der Waals surface area contributed by atoms with Crippen molar-refractivity contribution < 1.29 is 4.21 Å². The molecule has 1 rings (SSSR count). The number of hydrogen-bond donors (Lipinski definition) is 2. The van der Waals surface area contributed by atoms with Crippen LogP contribution in [0.5, 0.6) is 0 Å². The Labute approximate surface area is 140 Å². The SMILES string of the molecule is C=CCNC(=NC)NCCS(=O)Cc1ccccc1.I. The second kappa shape index (κ2) is 11.9. The van der Waals surface area contributed by atoms with E-state index in [0.29, 0.717) is 30.6 Å². The van der Waals surface area contributed by atoms with Crippen molar-refractivity contribution in [1.29, 1.82) is 0 Å². The lowest BCUT2D eigenvalue weighted by molar-refractivity contribution is 0.681. The van der Waals surface area contributed by atoms with Crippen LogP contribution in [0.15, 0.2) is 48.0 Å². The van der Waals surface area contributed by atoms with E-state index in [9.17, 15) is 4.21 Å². The molecule has 1 aromatic carbocycles. The summed E-state index contributed by atoms with van der Waals surface area (Å²) in [6.07, 6.45) is 1.76. The minimum atomic E-state index is -0.861. The van der Waals surface area contributed by atoms with Crippen molar-refractivity contribution in [2.45, 2.75) is 5.75 Å². The number of nitrogens with one attached hydrogen (secondary N) is 2. The Morgan fingerprint density at radius 2 is 2.05 bits per heavy atom. The Bertz CT molecular complexity index is 437. The molecule has 2 N–H and O–H groups in total. The van der Waals surface area contributed by atoms with Crippen LogP contribution >= 0.6 is 24.0 Å². The molecule has 0 aliphatic heterocycles. The summed E-state index contributed by atoms with van der Waals surface area (Å²) < 4.78 is 11.9. The second-order valence-electron chi connectivity index (χ2n) is 3.94. The highest BCUT2D eigenvalue weighted by Gasteiger charge is 2.02. The van der Waals surface area contributed by atoms with Gasteiger partial charge < -0.3 is 10.6 Å². The zero-order chi connectivity index (χ0) is 13.9. The van der Waals surface area contributed by atoms with Gasteiger partial charge in [-0.15, -0.1) is 30.6 Å². The Morgan fingerprint density at radius 3 is 2.65 bits per heavy atom. The van der Waals surface area contributed by atoms with Crippen LogP contribution in [-0.2, 0) is 16.6 Å². The van der Waals surface area contributed by atoms with Gasteiger partial charge in [0.15, 0.2) is 5.96 Å². The zero-order valence-corrected chi connectivity index (χ0v) is 14.8. The Hall–Kier alpha value is -0.890. The fourth-order valence-electron chi connectivity index (χ4n) is 1.51. The van der Waals surface area contributed by atoms with E-state index >= 15 is 0 Å². The number of rotatable bonds is 7. The average molecular weight is 407 g/mol. The van der Waals surface area contributed by atoms with Crippen LogP contribution in [0.1, 0.15) is 5.56 Å². The third kappa shape index (κ3) is 8.31. The predicted molar refractivity (Wildman–Crippen MR) is 98.1 cm³/mol. The summed E-state index contributed by atoms with van der Waals surface area (Å²) in [5.41, 5.74) is 1.11. The van der Waals surface area contributed by atoms with Crippen LogP contribution in [-0.4, -0.2) is 36.1 Å². The average Bonchev–Trinajstić information content (AvgIpc) is 2.43. The van der Waals surface area contributed by atoms with E-state index in [1.54, 1.807) is 13.1 Å². The molecule has 0 spiro atoms. The molecule has 112 valence electrons. The number of nitrogens with zero attached hydrogens (tertiary/aromatic N) is 1. The minimum Gasteiger partial charge on any atom is -0.355 e. The van der Waals surface area contributed by atoms with E-state index in [-0.39, 0.29) is 24.0 Å². The van der Waals surface area contributed by atoms with E-state index < -0.39 is 10.8 Å². The van der Waals surface area contributed by atoms with E-state index in [4.69, 9.17) is 0 Å². The molecule has 0 aliphatic rings. The van der Waals surface area contributed by atoms with E-state index in [2.05, 4.69) is 22.2 Å². The van der Waals surface area contributed by atoms with Gasteiger partial charge in [0.05, 0.1) is 0 Å². The minimum absolute atomic E-state index is 0. The molecule has 0 saturated heterocycles. The monoisotopic (exact) mass is 407 g/mol. The molecule has 0 amide bonds. The summed E-state index contributed by atoms with van der Waals surface area (Å²) in [7, 11) is 0.847. The largest absolute Gasteiger partial charge is 0.355 e. The highest BCUT2D eigenvalue weighted by atomic mass is 127. The molecule has 20 heavy (non-hydrogen) atoms. The van der Waals surface area contributed by atoms with Crippen LogP contribution in [0, 0.1) is 0 Å². The Morgan fingerprint density at radius 1 is 1.35 bits per heavy atom. The predicted octanol–water partition coefficient (Wildman–Crippen LogP) is 1.90. The molecule has 0 saturated carbocycles. The lowest BCUT2D eigenvalue weighted by Crippen LogP contribution is -2.39. The molecular formula is C14H22IN3OS. The number of aliphatic imine (C=N–C) groups is 1. The van der Waals surface area contributed by atoms with Crippen molar-refractivity contribution in [3.63, 3.8) is 0 Å². The van der Waals surface area contributed by atoms with Crippen LogP contribution in [0.4, 0.5) is 0 Å². The van der Waals surface area contributed by atoms with Crippen molar-refractivity contribution >= 4 is 40.7 Å². The van der Waals surface area contributed by atoms with Crippen molar-refractivity contribution in [1.82, 2.24) is 10.6 Å². The van der Waals surface area contributed by atoms with Gasteiger partial charge in [0.1, 0.15) is 0 Å². The summed E-state index contributed by atoms with van der Waals surface area (Å²) in [5.74, 6) is 1.90. The maximum Gasteiger partial charge on any atom is 0.191 e. The molecule has 6 heteroatoms. The van der Waals surface area contributed by atoms with E-state index in [0.717, 1.165) is 5.56 Å². The van der Waals surface area contributed by atoms with Crippen molar-refractivity contribution in [3.05, 3.63) is 48.6 Å². The first-order chi connectivity index (χ1) is 9.26. The molecule has 0 radical (unpaired) electrons. The van der Waals surface area contributed by atoms with Crippen LogP contribution in [0.25, 0.3) is 0 Å². The first-order valence-electron chi connectivity index (χ1n) is 6.20. The van der Waals surface area contributed by atoms with Gasteiger partial charge in [-0.25, -0.2) is 0 Å². The highest BCUT2D eigenvalue weighted by Crippen LogP contribution is 2.02. The molecule has 1 unspecified atom stereocenters. The summed E-state index contributed by atoms with van der Waals surface area (Å²) in [4.78, 5) is 4.05. The van der Waals surface area contributed by atoms with Crippen molar-refractivity contribution in [2.24, 2.45) is 4.99 Å². The maximum absolute atomic E-state index is 11.9. The molecule has 0 fully saturated rings. The first-order valence-corrected chi connectivity index (χ1v) is 7.69. The molecule has 0 heterocycles. The molecule has 1 atom stereocenters. The molecule has 0 bridgehead atoms. The first kappa shape index (κ1) is 19.1. The van der Waals surface area contributed by atoms with Crippen molar-refractivity contribution in [3.8, 4) is 0 Å². The number of benzene rings is 1. The summed E-state index contributed by atoms with van der Waals surface area (Å²) in [5, 5.41) is 6.18. The molecule has 4 nitrogen and oxygen atoms in total. The summed E-state index contributed by atoms with van der Waals surface area (Å²) >= 11 is 0. The van der Waals surface area contributed by atoms with Gasteiger partial charge in [-0.1, -0.05) is 36.4 Å². The fraction of sp³-hybridized carbons (Fsp3) is 0.357. The third-order valence-electron chi connectivity index (χ3n) is 2.43.